The first-order chi connectivity index (χ1) is 23.0. The van der Waals surface area contributed by atoms with Gasteiger partial charge in [0.25, 0.3) is 0 Å². The van der Waals surface area contributed by atoms with Gasteiger partial charge in [-0.1, -0.05) is 74.5 Å². The minimum Gasteiger partial charge on any atom is -0.427 e. The first kappa shape index (κ1) is 38.7. The number of unbranched alkanes of at least 4 members (excludes halogenated alkanes) is 1. The van der Waals surface area contributed by atoms with Gasteiger partial charge in [0.1, 0.15) is 18.1 Å². The molecule has 0 radical (unpaired) electrons. The number of hydrogen-bond acceptors (Lipinski definition) is 8. The number of benzene rings is 2. The highest BCUT2D eigenvalue weighted by atomic mass is 16.4. The van der Waals surface area contributed by atoms with Crippen LogP contribution in [0.2, 0.25) is 5.82 Å². The summed E-state index contributed by atoms with van der Waals surface area (Å²) < 4.78 is 0. The predicted molar refractivity (Wildman–Crippen MR) is 186 cm³/mol. The van der Waals surface area contributed by atoms with Crippen LogP contribution in [0.25, 0.3) is 0 Å². The summed E-state index contributed by atoms with van der Waals surface area (Å²) in [7, 11) is -1.43. The van der Waals surface area contributed by atoms with E-state index in [1.165, 1.54) is 0 Å². The summed E-state index contributed by atoms with van der Waals surface area (Å²) in [5.41, 5.74) is 13.7. The maximum absolute atomic E-state index is 13.8. The number of carbonyl (C=O) groups excluding carboxylic acids is 4. The van der Waals surface area contributed by atoms with Gasteiger partial charge in [-0.2, -0.15) is 0 Å². The van der Waals surface area contributed by atoms with Gasteiger partial charge < -0.3 is 42.4 Å². The SMILES string of the molecule is CC(C)C[C@@H](NC(=O)[C@@H](Cc1ccccc1)NC(=O)[C@H](N)Cc1ccccc1)C(=O)N[C@H](CCCCN)C(=O)N1CCC(B(O)O)CC1. The molecule has 4 amide bonds. The van der Waals surface area contributed by atoms with Crippen molar-refractivity contribution >= 4 is 30.7 Å². The Balaban J connectivity index is 1.75. The lowest BCUT2D eigenvalue weighted by molar-refractivity contribution is -0.138. The van der Waals surface area contributed by atoms with Gasteiger partial charge in [-0.25, -0.2) is 0 Å². The molecule has 12 nitrogen and oxygen atoms in total. The monoisotopic (exact) mass is 664 g/mol. The molecule has 2 aromatic carbocycles. The van der Waals surface area contributed by atoms with Crippen LogP contribution in [-0.4, -0.2) is 89.5 Å². The van der Waals surface area contributed by atoms with Crippen LogP contribution in [0, 0.1) is 5.92 Å². The Labute approximate surface area is 284 Å². The number of nitrogens with zero attached hydrogens (tertiary/aromatic N) is 1. The molecule has 48 heavy (non-hydrogen) atoms. The zero-order chi connectivity index (χ0) is 35.1. The van der Waals surface area contributed by atoms with Crippen LogP contribution in [0.3, 0.4) is 0 Å². The number of nitrogens with two attached hydrogens (primary N) is 2. The second-order valence-corrected chi connectivity index (χ2v) is 13.2. The average Bonchev–Trinajstić information content (AvgIpc) is 3.07. The number of piperidine rings is 1. The van der Waals surface area contributed by atoms with Gasteiger partial charge >= 0.3 is 7.12 Å². The van der Waals surface area contributed by atoms with E-state index in [1.807, 2.05) is 74.5 Å². The van der Waals surface area contributed by atoms with Gasteiger partial charge in [0, 0.05) is 19.5 Å². The molecule has 1 aliphatic rings. The van der Waals surface area contributed by atoms with Gasteiger partial charge in [-0.15, -0.1) is 0 Å². The Morgan fingerprint density at radius 3 is 1.85 bits per heavy atom. The molecule has 1 heterocycles. The number of amides is 4. The fourth-order valence-electron chi connectivity index (χ4n) is 5.93. The van der Waals surface area contributed by atoms with Crippen molar-refractivity contribution in [3.63, 3.8) is 0 Å². The third-order valence-electron chi connectivity index (χ3n) is 8.73. The first-order valence-corrected chi connectivity index (χ1v) is 17.1. The van der Waals surface area contributed by atoms with Crippen LogP contribution in [-0.2, 0) is 32.0 Å². The van der Waals surface area contributed by atoms with Crippen molar-refractivity contribution in [3.05, 3.63) is 71.8 Å². The highest BCUT2D eigenvalue weighted by Crippen LogP contribution is 2.24. The highest BCUT2D eigenvalue weighted by Gasteiger charge is 2.35. The van der Waals surface area contributed by atoms with Crippen molar-refractivity contribution in [1.29, 1.82) is 0 Å². The molecule has 0 spiro atoms. The molecule has 13 heteroatoms. The normalized spacial score (nSPS) is 16.0. The van der Waals surface area contributed by atoms with Crippen molar-refractivity contribution in [2.45, 2.75) is 95.2 Å². The lowest BCUT2D eigenvalue weighted by Gasteiger charge is -2.34. The zero-order valence-electron chi connectivity index (χ0n) is 28.2. The summed E-state index contributed by atoms with van der Waals surface area (Å²) in [6, 6.07) is 14.9. The summed E-state index contributed by atoms with van der Waals surface area (Å²) in [5, 5.41) is 27.7. The van der Waals surface area contributed by atoms with Gasteiger partial charge in [-0.3, -0.25) is 19.2 Å². The summed E-state index contributed by atoms with van der Waals surface area (Å²) in [6.07, 6.45) is 3.35. The summed E-state index contributed by atoms with van der Waals surface area (Å²) in [6.45, 7) is 5.02. The van der Waals surface area contributed by atoms with Crippen LogP contribution < -0.4 is 27.4 Å². The van der Waals surface area contributed by atoms with Gasteiger partial charge in [-0.05, 0) is 74.4 Å². The van der Waals surface area contributed by atoms with E-state index in [2.05, 4.69) is 16.0 Å². The molecule has 0 unspecified atom stereocenters. The van der Waals surface area contributed by atoms with Crippen molar-refractivity contribution < 1.29 is 29.2 Å². The highest BCUT2D eigenvalue weighted by molar-refractivity contribution is 6.43. The maximum Gasteiger partial charge on any atom is 0.454 e. The van der Waals surface area contributed by atoms with Crippen molar-refractivity contribution in [2.24, 2.45) is 17.4 Å². The molecule has 0 saturated carbocycles. The van der Waals surface area contributed by atoms with Crippen LogP contribution in [0.5, 0.6) is 0 Å². The fourth-order valence-corrected chi connectivity index (χ4v) is 5.93. The lowest BCUT2D eigenvalue weighted by Crippen LogP contribution is -2.59. The van der Waals surface area contributed by atoms with Crippen LogP contribution in [0.15, 0.2) is 60.7 Å². The smallest absolute Gasteiger partial charge is 0.427 e. The molecular weight excluding hydrogens is 611 g/mol. The average molecular weight is 665 g/mol. The van der Waals surface area contributed by atoms with Crippen LogP contribution >= 0.6 is 0 Å². The zero-order valence-corrected chi connectivity index (χ0v) is 28.2. The summed E-state index contributed by atoms with van der Waals surface area (Å²) >= 11 is 0. The third kappa shape index (κ3) is 12.7. The maximum atomic E-state index is 13.8. The number of nitrogens with one attached hydrogen (secondary N) is 3. The lowest BCUT2D eigenvalue weighted by atomic mass is 9.67. The molecule has 9 N–H and O–H groups in total. The Kier molecular flexibility index (Phi) is 16.0. The van der Waals surface area contributed by atoms with E-state index >= 15 is 0 Å². The van der Waals surface area contributed by atoms with Crippen molar-refractivity contribution in [2.75, 3.05) is 19.6 Å². The Hall–Kier alpha value is -3.78. The van der Waals surface area contributed by atoms with E-state index in [0.717, 1.165) is 11.1 Å². The number of rotatable bonds is 18. The Morgan fingerprint density at radius 1 is 0.792 bits per heavy atom. The largest absolute Gasteiger partial charge is 0.454 e. The Bertz CT molecular complexity index is 1290. The molecule has 1 saturated heterocycles. The van der Waals surface area contributed by atoms with Gasteiger partial charge in [0.15, 0.2) is 0 Å². The number of likely N-dealkylation sites (tertiary alicyclic amines) is 1. The first-order valence-electron chi connectivity index (χ1n) is 17.1. The van der Waals surface area contributed by atoms with Gasteiger partial charge in [0.2, 0.25) is 23.6 Å². The molecule has 262 valence electrons. The topological polar surface area (TPSA) is 200 Å². The Morgan fingerprint density at radius 2 is 1.31 bits per heavy atom. The molecule has 2 aromatic rings. The fraction of sp³-hybridized carbons (Fsp3) is 0.543. The quantitative estimate of drug-likeness (QED) is 0.0900. The second kappa shape index (κ2) is 19.9. The predicted octanol–water partition coefficient (Wildman–Crippen LogP) is 0.894. The molecule has 3 rings (SSSR count). The summed E-state index contributed by atoms with van der Waals surface area (Å²) in [5.74, 6) is -2.03. The number of hydrogen-bond donors (Lipinski definition) is 7. The molecule has 0 bridgehead atoms. The molecular formula is C35H53BN6O6. The van der Waals surface area contributed by atoms with Gasteiger partial charge in [0.05, 0.1) is 6.04 Å². The van der Waals surface area contributed by atoms with E-state index in [-0.39, 0.29) is 24.1 Å². The standard InChI is InChI=1S/C35H53BN6O6/c1-24(2)21-30(33(44)39-29(15-9-10-18-37)35(46)42-19-16-27(17-20-42)36(47)48)41-34(45)31(23-26-13-7-4-8-14-26)40-32(43)28(38)22-25-11-5-3-6-12-25/h3-8,11-14,24,27-31,47-48H,9-10,15-23,37-38H2,1-2H3,(H,39,44)(H,40,43)(H,41,45)/t28-,29-,30-,31-/m1/s1. The van der Waals surface area contributed by atoms with Crippen molar-refractivity contribution in [1.82, 2.24) is 20.9 Å². The molecule has 4 atom stereocenters. The van der Waals surface area contributed by atoms with Crippen LogP contribution in [0.4, 0.5) is 0 Å². The minimum atomic E-state index is -1.43. The van der Waals surface area contributed by atoms with E-state index < -0.39 is 49.0 Å². The van der Waals surface area contributed by atoms with E-state index in [0.29, 0.717) is 64.6 Å². The number of carbonyl (C=O) groups is 4. The van der Waals surface area contributed by atoms with E-state index in [9.17, 15) is 29.2 Å². The molecule has 1 fully saturated rings. The second-order valence-electron chi connectivity index (χ2n) is 13.2. The minimum absolute atomic E-state index is 0.0258. The molecule has 1 aliphatic heterocycles. The summed E-state index contributed by atoms with van der Waals surface area (Å²) in [4.78, 5) is 56.1. The third-order valence-corrected chi connectivity index (χ3v) is 8.73. The van der Waals surface area contributed by atoms with E-state index in [4.69, 9.17) is 11.5 Å². The molecule has 0 aromatic heterocycles. The van der Waals surface area contributed by atoms with Crippen LogP contribution in [0.1, 0.15) is 63.5 Å². The van der Waals surface area contributed by atoms with Crippen molar-refractivity contribution in [3.8, 4) is 0 Å². The molecule has 0 aliphatic carbocycles. The van der Waals surface area contributed by atoms with E-state index in [1.54, 1.807) is 4.90 Å².